The SMILES string of the molecule is CSCCCCCNC/C=C(/C)C(=O)O. The van der Waals surface area contributed by atoms with Crippen molar-refractivity contribution in [1.29, 1.82) is 0 Å². The van der Waals surface area contributed by atoms with E-state index >= 15 is 0 Å². The molecular weight excluding hydrogens is 210 g/mol. The van der Waals surface area contributed by atoms with Gasteiger partial charge >= 0.3 is 5.97 Å². The van der Waals surface area contributed by atoms with Crippen LogP contribution in [-0.2, 0) is 4.79 Å². The molecule has 0 aromatic heterocycles. The van der Waals surface area contributed by atoms with Crippen LogP contribution in [0.5, 0.6) is 0 Å². The molecule has 0 aromatic rings. The standard InChI is InChI=1S/C11H21NO2S/c1-10(11(13)14)6-8-12-7-4-3-5-9-15-2/h6,12H,3-5,7-9H2,1-2H3,(H,13,14)/b10-6-. The second-order valence-electron chi connectivity index (χ2n) is 3.45. The van der Waals surface area contributed by atoms with E-state index in [2.05, 4.69) is 11.6 Å². The average Bonchev–Trinajstić information content (AvgIpc) is 2.21. The molecule has 0 bridgehead atoms. The lowest BCUT2D eigenvalue weighted by Gasteiger charge is -2.01. The van der Waals surface area contributed by atoms with Crippen molar-refractivity contribution < 1.29 is 9.90 Å². The van der Waals surface area contributed by atoms with Crippen molar-refractivity contribution in [3.63, 3.8) is 0 Å². The summed E-state index contributed by atoms with van der Waals surface area (Å²) in [7, 11) is 0. The first-order valence-corrected chi connectivity index (χ1v) is 6.67. The predicted octanol–water partition coefficient (Wildman–Crippen LogP) is 2.14. The molecule has 2 N–H and O–H groups in total. The first kappa shape index (κ1) is 14.5. The number of unbranched alkanes of at least 4 members (excludes halogenated alkanes) is 2. The normalized spacial score (nSPS) is 11.7. The predicted molar refractivity (Wildman–Crippen MR) is 66.5 cm³/mol. The molecule has 0 radical (unpaired) electrons. The number of carbonyl (C=O) groups is 1. The second-order valence-corrected chi connectivity index (χ2v) is 4.44. The summed E-state index contributed by atoms with van der Waals surface area (Å²) < 4.78 is 0. The number of nitrogens with one attached hydrogen (secondary N) is 1. The van der Waals surface area contributed by atoms with Gasteiger partial charge in [-0.05, 0) is 38.3 Å². The van der Waals surface area contributed by atoms with Crippen LogP contribution in [0.25, 0.3) is 0 Å². The lowest BCUT2D eigenvalue weighted by molar-refractivity contribution is -0.132. The molecule has 0 amide bonds. The van der Waals surface area contributed by atoms with E-state index in [1.54, 1.807) is 13.0 Å². The molecule has 0 aliphatic rings. The molecule has 0 unspecified atom stereocenters. The van der Waals surface area contributed by atoms with Crippen LogP contribution in [0.1, 0.15) is 26.2 Å². The second kappa shape index (κ2) is 10.1. The van der Waals surface area contributed by atoms with Gasteiger partial charge in [-0.2, -0.15) is 11.8 Å². The van der Waals surface area contributed by atoms with Crippen LogP contribution in [0.15, 0.2) is 11.6 Å². The first-order valence-electron chi connectivity index (χ1n) is 5.28. The van der Waals surface area contributed by atoms with Gasteiger partial charge in [-0.3, -0.25) is 0 Å². The Balaban J connectivity index is 3.25. The summed E-state index contributed by atoms with van der Waals surface area (Å²) in [6.45, 7) is 3.24. The minimum Gasteiger partial charge on any atom is -0.478 e. The highest BCUT2D eigenvalue weighted by atomic mass is 32.2. The summed E-state index contributed by atoms with van der Waals surface area (Å²) in [4.78, 5) is 10.4. The first-order chi connectivity index (χ1) is 7.18. The van der Waals surface area contributed by atoms with E-state index in [1.165, 1.54) is 25.0 Å². The van der Waals surface area contributed by atoms with Crippen molar-refractivity contribution in [3.8, 4) is 0 Å². The van der Waals surface area contributed by atoms with Crippen LogP contribution in [0, 0.1) is 0 Å². The number of carboxylic acid groups (broad SMARTS) is 1. The maximum Gasteiger partial charge on any atom is 0.330 e. The molecule has 0 aliphatic heterocycles. The fourth-order valence-electron chi connectivity index (χ4n) is 1.09. The minimum atomic E-state index is -0.836. The Kier molecular flexibility index (Phi) is 9.73. The molecule has 0 atom stereocenters. The number of thioether (sulfide) groups is 1. The minimum absolute atomic E-state index is 0.407. The smallest absolute Gasteiger partial charge is 0.330 e. The summed E-state index contributed by atoms with van der Waals surface area (Å²) >= 11 is 1.88. The summed E-state index contributed by atoms with van der Waals surface area (Å²) in [6, 6.07) is 0. The van der Waals surface area contributed by atoms with Gasteiger partial charge in [0.05, 0.1) is 0 Å². The van der Waals surface area contributed by atoms with Crippen molar-refractivity contribution in [2.75, 3.05) is 25.1 Å². The van der Waals surface area contributed by atoms with E-state index in [9.17, 15) is 4.79 Å². The van der Waals surface area contributed by atoms with Gasteiger partial charge in [0, 0.05) is 12.1 Å². The highest BCUT2D eigenvalue weighted by Gasteiger charge is 1.97. The molecule has 15 heavy (non-hydrogen) atoms. The number of hydrogen-bond donors (Lipinski definition) is 2. The van der Waals surface area contributed by atoms with Crippen molar-refractivity contribution >= 4 is 17.7 Å². The Morgan fingerprint density at radius 3 is 2.73 bits per heavy atom. The third kappa shape index (κ3) is 9.82. The number of aliphatic carboxylic acids is 1. The number of rotatable bonds is 9. The average molecular weight is 231 g/mol. The van der Waals surface area contributed by atoms with Crippen molar-refractivity contribution in [3.05, 3.63) is 11.6 Å². The molecule has 4 heteroatoms. The maximum atomic E-state index is 10.4. The summed E-state index contributed by atoms with van der Waals surface area (Å²) in [5, 5.41) is 11.8. The highest BCUT2D eigenvalue weighted by Crippen LogP contribution is 2.01. The van der Waals surface area contributed by atoms with Gasteiger partial charge in [0.1, 0.15) is 0 Å². The molecule has 0 saturated carbocycles. The van der Waals surface area contributed by atoms with Crippen LogP contribution in [-0.4, -0.2) is 36.2 Å². The zero-order valence-electron chi connectivity index (χ0n) is 9.58. The Hall–Kier alpha value is -0.480. The molecule has 88 valence electrons. The van der Waals surface area contributed by atoms with Crippen LogP contribution in [0.4, 0.5) is 0 Å². The van der Waals surface area contributed by atoms with Crippen LogP contribution < -0.4 is 5.32 Å². The van der Waals surface area contributed by atoms with Crippen LogP contribution in [0.2, 0.25) is 0 Å². The maximum absolute atomic E-state index is 10.4. The Labute approximate surface area is 96.3 Å². The fraction of sp³-hybridized carbons (Fsp3) is 0.727. The fourth-order valence-corrected chi connectivity index (χ4v) is 1.58. The van der Waals surface area contributed by atoms with E-state index in [0.29, 0.717) is 12.1 Å². The molecular formula is C11H21NO2S. The van der Waals surface area contributed by atoms with Gasteiger partial charge in [-0.15, -0.1) is 0 Å². The topological polar surface area (TPSA) is 49.3 Å². The summed E-state index contributed by atoms with van der Waals surface area (Å²) in [5.41, 5.74) is 0.407. The summed E-state index contributed by atoms with van der Waals surface area (Å²) in [6.07, 6.45) is 7.52. The van der Waals surface area contributed by atoms with Gasteiger partial charge in [0.15, 0.2) is 0 Å². The lowest BCUT2D eigenvalue weighted by atomic mass is 10.2. The number of hydrogen-bond acceptors (Lipinski definition) is 3. The monoisotopic (exact) mass is 231 g/mol. The highest BCUT2D eigenvalue weighted by molar-refractivity contribution is 7.98. The number of carboxylic acids is 1. The molecule has 0 rings (SSSR count). The van der Waals surface area contributed by atoms with Gasteiger partial charge in [-0.1, -0.05) is 12.5 Å². The Bertz CT molecular complexity index is 205. The molecule has 0 fully saturated rings. The van der Waals surface area contributed by atoms with Gasteiger partial charge in [0.25, 0.3) is 0 Å². The summed E-state index contributed by atoms with van der Waals surface area (Å²) in [5.74, 6) is 0.398. The Morgan fingerprint density at radius 1 is 1.40 bits per heavy atom. The van der Waals surface area contributed by atoms with E-state index in [4.69, 9.17) is 5.11 Å². The molecule has 0 heterocycles. The van der Waals surface area contributed by atoms with Gasteiger partial charge < -0.3 is 10.4 Å². The van der Waals surface area contributed by atoms with E-state index in [0.717, 1.165) is 6.54 Å². The van der Waals surface area contributed by atoms with Gasteiger partial charge in [-0.25, -0.2) is 4.79 Å². The van der Waals surface area contributed by atoms with E-state index < -0.39 is 5.97 Å². The van der Waals surface area contributed by atoms with Crippen molar-refractivity contribution in [2.45, 2.75) is 26.2 Å². The zero-order valence-corrected chi connectivity index (χ0v) is 10.4. The third-order valence-electron chi connectivity index (χ3n) is 2.09. The van der Waals surface area contributed by atoms with Crippen molar-refractivity contribution in [1.82, 2.24) is 5.32 Å². The molecule has 0 spiro atoms. The molecule has 0 saturated heterocycles. The van der Waals surface area contributed by atoms with E-state index in [1.807, 2.05) is 11.8 Å². The van der Waals surface area contributed by atoms with Gasteiger partial charge in [0.2, 0.25) is 0 Å². The molecule has 3 nitrogen and oxygen atoms in total. The quantitative estimate of drug-likeness (QED) is 0.471. The molecule has 0 aliphatic carbocycles. The third-order valence-corrected chi connectivity index (χ3v) is 2.79. The largest absolute Gasteiger partial charge is 0.478 e. The zero-order chi connectivity index (χ0) is 11.5. The van der Waals surface area contributed by atoms with E-state index in [-0.39, 0.29) is 0 Å². The van der Waals surface area contributed by atoms with Crippen molar-refractivity contribution in [2.24, 2.45) is 0 Å². The Morgan fingerprint density at radius 2 is 2.13 bits per heavy atom. The molecule has 0 aromatic carbocycles. The lowest BCUT2D eigenvalue weighted by Crippen LogP contribution is -2.16. The van der Waals surface area contributed by atoms with Crippen LogP contribution in [0.3, 0.4) is 0 Å². The van der Waals surface area contributed by atoms with Crippen LogP contribution >= 0.6 is 11.8 Å².